The van der Waals surface area contributed by atoms with Crippen molar-refractivity contribution < 1.29 is 34.4 Å². The number of methoxy groups -OCH3 is 2. The molecule has 1 fully saturated rings. The lowest BCUT2D eigenvalue weighted by atomic mass is 9.97. The van der Waals surface area contributed by atoms with E-state index in [0.717, 1.165) is 25.8 Å². The first-order valence-electron chi connectivity index (χ1n) is 11.0. The number of fused-ring (bicyclic) bond motifs is 1. The third-order valence-electron chi connectivity index (χ3n) is 5.16. The van der Waals surface area contributed by atoms with E-state index in [1.807, 2.05) is 17.0 Å². The number of β-amino-alcohol motifs (C(OH)–C–C–N with tert-alkyl or cyclic N) is 1. The molecule has 0 bridgehead atoms. The lowest BCUT2D eigenvalue weighted by Crippen LogP contribution is -2.23. The molecule has 0 radical (unpaired) electrons. The van der Waals surface area contributed by atoms with Crippen LogP contribution in [0, 0.1) is 5.92 Å². The van der Waals surface area contributed by atoms with Gasteiger partial charge in [-0.2, -0.15) is 4.98 Å². The fraction of sp³-hybridized carbons (Fsp3) is 0.375. The number of aromatic nitrogens is 3. The zero-order valence-electron chi connectivity index (χ0n) is 20.6. The number of anilines is 2. The summed E-state index contributed by atoms with van der Waals surface area (Å²) < 4.78 is 10.7. The highest BCUT2D eigenvalue weighted by Gasteiger charge is 2.33. The molecule has 0 amide bonds. The normalized spacial score (nSPS) is 16.3. The predicted molar refractivity (Wildman–Crippen MR) is 133 cm³/mol. The maximum atomic E-state index is 10.5. The summed E-state index contributed by atoms with van der Waals surface area (Å²) in [7, 11) is 3.15. The Hall–Kier alpha value is -4.19. The van der Waals surface area contributed by atoms with Gasteiger partial charge in [-0.3, -0.25) is 14.6 Å². The minimum Gasteiger partial charge on any atom is -0.493 e. The number of ether oxygens (including phenoxy) is 2. The number of carboxylic acids is 2. The number of aliphatic hydroxyl groups excluding tert-OH is 1. The van der Waals surface area contributed by atoms with Crippen LogP contribution >= 0.6 is 0 Å². The fourth-order valence-electron chi connectivity index (χ4n) is 3.65. The number of pyridine rings is 1. The number of carboxylic acid groups (broad SMARTS) is 2. The lowest BCUT2D eigenvalue weighted by Gasteiger charge is -2.18. The van der Waals surface area contributed by atoms with Crippen molar-refractivity contribution in [2.75, 3.05) is 37.9 Å². The smallest absolute Gasteiger partial charge is 0.300 e. The standard InChI is InChI=1S/C20H23N5O3.2C2H4O2/c1-27-17-8-14-15(9-18(17)28-2)23-20(24-19(14)21)25-10-13(16(26)11-25)7-12-3-5-22-6-4-12;2*1-2(3)4/h3-6,8-9,13,16,26H,7,10-11H2,1-2H3,(H2,21,23,24);2*1H3,(H,3,4)/t13-,16-;;/m1../s1. The Morgan fingerprint density at radius 2 is 1.58 bits per heavy atom. The van der Waals surface area contributed by atoms with Crippen molar-refractivity contribution in [1.82, 2.24) is 15.0 Å². The van der Waals surface area contributed by atoms with Gasteiger partial charge >= 0.3 is 0 Å². The second-order valence-corrected chi connectivity index (χ2v) is 7.96. The van der Waals surface area contributed by atoms with E-state index in [1.165, 1.54) is 0 Å². The van der Waals surface area contributed by atoms with E-state index in [-0.39, 0.29) is 5.92 Å². The summed E-state index contributed by atoms with van der Waals surface area (Å²) in [5.41, 5.74) is 8.01. The van der Waals surface area contributed by atoms with Crippen LogP contribution in [-0.2, 0) is 16.0 Å². The van der Waals surface area contributed by atoms with Gasteiger partial charge in [-0.05, 0) is 30.2 Å². The summed E-state index contributed by atoms with van der Waals surface area (Å²) in [6, 6.07) is 7.51. The van der Waals surface area contributed by atoms with Gasteiger partial charge in [0.25, 0.3) is 11.9 Å². The van der Waals surface area contributed by atoms with Crippen molar-refractivity contribution in [3.63, 3.8) is 0 Å². The van der Waals surface area contributed by atoms with Gasteiger partial charge in [0.05, 0.1) is 25.8 Å². The van der Waals surface area contributed by atoms with Crippen LogP contribution in [-0.4, -0.2) is 75.6 Å². The minimum atomic E-state index is -0.833. The van der Waals surface area contributed by atoms with E-state index in [0.29, 0.717) is 47.3 Å². The highest BCUT2D eigenvalue weighted by atomic mass is 16.5. The first-order valence-corrected chi connectivity index (χ1v) is 11.0. The van der Waals surface area contributed by atoms with E-state index < -0.39 is 18.0 Å². The van der Waals surface area contributed by atoms with Gasteiger partial charge in [-0.15, -0.1) is 0 Å². The molecule has 1 aromatic carbocycles. The lowest BCUT2D eigenvalue weighted by molar-refractivity contribution is -0.135. The van der Waals surface area contributed by atoms with Crippen molar-refractivity contribution in [3.8, 4) is 11.5 Å². The topological polar surface area (TPSA) is 181 Å². The summed E-state index contributed by atoms with van der Waals surface area (Å²) >= 11 is 0. The van der Waals surface area contributed by atoms with Gasteiger partial charge in [0, 0.05) is 56.7 Å². The molecule has 12 nitrogen and oxygen atoms in total. The average Bonchev–Trinajstić information content (AvgIpc) is 3.18. The molecular weight excluding hydrogens is 470 g/mol. The van der Waals surface area contributed by atoms with Crippen LogP contribution in [0.2, 0.25) is 0 Å². The zero-order valence-corrected chi connectivity index (χ0v) is 20.6. The number of hydrogen-bond donors (Lipinski definition) is 4. The quantitative estimate of drug-likeness (QED) is 0.399. The van der Waals surface area contributed by atoms with E-state index in [9.17, 15) is 5.11 Å². The van der Waals surface area contributed by atoms with Crippen LogP contribution in [0.4, 0.5) is 11.8 Å². The maximum Gasteiger partial charge on any atom is 0.300 e. The molecule has 2 aromatic heterocycles. The first kappa shape index (κ1) is 28.1. The van der Waals surface area contributed by atoms with E-state index in [2.05, 4.69) is 15.0 Å². The number of rotatable bonds is 5. The summed E-state index contributed by atoms with van der Waals surface area (Å²) in [6.07, 6.45) is 3.85. The molecule has 1 aliphatic rings. The van der Waals surface area contributed by atoms with E-state index in [1.54, 1.807) is 38.7 Å². The van der Waals surface area contributed by atoms with Crippen molar-refractivity contribution in [1.29, 1.82) is 0 Å². The number of carbonyl (C=O) groups is 2. The Morgan fingerprint density at radius 1 is 1.03 bits per heavy atom. The molecular formula is C24H31N5O7. The van der Waals surface area contributed by atoms with E-state index in [4.69, 9.17) is 35.0 Å². The van der Waals surface area contributed by atoms with Gasteiger partial charge in [0.2, 0.25) is 5.95 Å². The third kappa shape index (κ3) is 7.94. The molecule has 5 N–H and O–H groups in total. The monoisotopic (exact) mass is 501 g/mol. The third-order valence-corrected chi connectivity index (χ3v) is 5.16. The zero-order chi connectivity index (χ0) is 26.8. The Kier molecular flexibility index (Phi) is 10.2. The van der Waals surface area contributed by atoms with Crippen LogP contribution in [0.1, 0.15) is 19.4 Å². The average molecular weight is 502 g/mol. The molecule has 3 heterocycles. The largest absolute Gasteiger partial charge is 0.493 e. The summed E-state index contributed by atoms with van der Waals surface area (Å²) in [4.78, 5) is 33.1. The number of nitrogens with zero attached hydrogens (tertiary/aromatic N) is 4. The van der Waals surface area contributed by atoms with Crippen molar-refractivity contribution >= 4 is 34.6 Å². The Morgan fingerprint density at radius 3 is 2.14 bits per heavy atom. The van der Waals surface area contributed by atoms with Gasteiger partial charge in [0.15, 0.2) is 11.5 Å². The van der Waals surface area contributed by atoms with Crippen molar-refractivity contribution in [2.45, 2.75) is 26.4 Å². The molecule has 0 unspecified atom stereocenters. The number of hydrogen-bond acceptors (Lipinski definition) is 10. The second kappa shape index (κ2) is 13.0. The SMILES string of the molecule is CC(=O)O.CC(=O)O.COc1cc2nc(N3C[C@@H](Cc4ccncc4)[C@H](O)C3)nc(N)c2cc1OC. The molecule has 3 aromatic rings. The van der Waals surface area contributed by atoms with Gasteiger partial charge < -0.3 is 35.4 Å². The Bertz CT molecular complexity index is 1160. The molecule has 12 heteroatoms. The highest BCUT2D eigenvalue weighted by Crippen LogP contribution is 2.35. The molecule has 1 aliphatic heterocycles. The van der Waals surface area contributed by atoms with E-state index >= 15 is 0 Å². The Balaban J connectivity index is 0.000000501. The van der Waals surface area contributed by atoms with Crippen LogP contribution in [0.3, 0.4) is 0 Å². The van der Waals surface area contributed by atoms with Crippen LogP contribution < -0.4 is 20.1 Å². The number of aliphatic hydroxyl groups is 1. The van der Waals surface area contributed by atoms with Crippen LogP contribution in [0.25, 0.3) is 10.9 Å². The molecule has 0 saturated carbocycles. The Labute approximate surface area is 208 Å². The molecule has 1 saturated heterocycles. The summed E-state index contributed by atoms with van der Waals surface area (Å²) in [5.74, 6) is 0.456. The van der Waals surface area contributed by atoms with Crippen LogP contribution in [0.15, 0.2) is 36.7 Å². The number of nitrogens with two attached hydrogens (primary N) is 1. The number of nitrogen functional groups attached to an aromatic ring is 1. The highest BCUT2D eigenvalue weighted by molar-refractivity contribution is 5.91. The molecule has 36 heavy (non-hydrogen) atoms. The summed E-state index contributed by atoms with van der Waals surface area (Å²) in [6.45, 7) is 3.29. The van der Waals surface area contributed by atoms with Gasteiger partial charge in [-0.25, -0.2) is 4.98 Å². The van der Waals surface area contributed by atoms with Crippen molar-refractivity contribution in [2.24, 2.45) is 5.92 Å². The second-order valence-electron chi connectivity index (χ2n) is 7.96. The fourth-order valence-corrected chi connectivity index (χ4v) is 3.65. The molecule has 194 valence electrons. The predicted octanol–water partition coefficient (Wildman–Crippen LogP) is 1.85. The molecule has 4 rings (SSSR count). The number of aliphatic carboxylic acids is 2. The first-order chi connectivity index (χ1) is 17.0. The maximum absolute atomic E-state index is 10.5. The minimum absolute atomic E-state index is 0.0910. The number of benzene rings is 1. The van der Waals surface area contributed by atoms with Gasteiger partial charge in [-0.1, -0.05) is 0 Å². The van der Waals surface area contributed by atoms with Gasteiger partial charge in [0.1, 0.15) is 5.82 Å². The molecule has 0 aliphatic carbocycles. The molecule has 2 atom stereocenters. The van der Waals surface area contributed by atoms with Crippen LogP contribution in [0.5, 0.6) is 11.5 Å². The molecule has 0 spiro atoms. The summed E-state index contributed by atoms with van der Waals surface area (Å²) in [5, 5.41) is 26.1. The van der Waals surface area contributed by atoms with Crippen molar-refractivity contribution in [3.05, 3.63) is 42.2 Å².